The van der Waals surface area contributed by atoms with E-state index in [1.807, 2.05) is 0 Å². The molecule has 0 saturated heterocycles. The second kappa shape index (κ2) is 7.49. The maximum Gasteiger partial charge on any atom is 0.197 e. The lowest BCUT2D eigenvalue weighted by atomic mass is 10.1. The first-order valence-corrected chi connectivity index (χ1v) is 8.06. The lowest BCUT2D eigenvalue weighted by Crippen LogP contribution is -2.04. The van der Waals surface area contributed by atoms with Crippen molar-refractivity contribution < 1.29 is 28.1 Å². The van der Waals surface area contributed by atoms with Gasteiger partial charge in [-0.15, -0.1) is 0 Å². The summed E-state index contributed by atoms with van der Waals surface area (Å²) in [6.07, 6.45) is 0. The summed E-state index contributed by atoms with van der Waals surface area (Å²) in [6.45, 7) is 0. The summed E-state index contributed by atoms with van der Waals surface area (Å²) in [5.74, 6) is 2.62. The lowest BCUT2D eigenvalue weighted by molar-refractivity contribution is 0.376. The SMILES string of the molecule is COc1cc(OC)c(-c2cc(=O)c3c(OC)cc(OC)cc3o2)c(OC)c1. The van der Waals surface area contributed by atoms with Gasteiger partial charge in [-0.1, -0.05) is 0 Å². The molecule has 0 aliphatic rings. The standard InChI is InChI=1S/C20H20O7/c1-22-11-7-15(25-4)20(16(8-11)26-5)18-10-13(21)19-14(24-3)6-12(23-2)9-17(19)27-18/h6-10H,1-5H3. The topological polar surface area (TPSA) is 76.4 Å². The Morgan fingerprint density at radius 2 is 1.19 bits per heavy atom. The zero-order chi connectivity index (χ0) is 19.6. The van der Waals surface area contributed by atoms with E-state index in [4.69, 9.17) is 28.1 Å². The number of ether oxygens (including phenoxy) is 5. The Morgan fingerprint density at radius 1 is 0.667 bits per heavy atom. The van der Waals surface area contributed by atoms with Crippen LogP contribution in [0.1, 0.15) is 0 Å². The summed E-state index contributed by atoms with van der Waals surface area (Å²) in [7, 11) is 7.59. The highest BCUT2D eigenvalue weighted by Gasteiger charge is 2.20. The Labute approximate surface area is 156 Å². The molecular weight excluding hydrogens is 352 g/mol. The molecule has 7 heteroatoms. The van der Waals surface area contributed by atoms with Gasteiger partial charge >= 0.3 is 0 Å². The molecule has 0 radical (unpaired) electrons. The lowest BCUT2D eigenvalue weighted by Gasteiger charge is -2.15. The molecule has 0 fully saturated rings. The molecule has 3 rings (SSSR count). The van der Waals surface area contributed by atoms with Crippen LogP contribution in [-0.2, 0) is 0 Å². The van der Waals surface area contributed by atoms with Crippen LogP contribution in [0.3, 0.4) is 0 Å². The average Bonchev–Trinajstić information content (AvgIpc) is 2.71. The van der Waals surface area contributed by atoms with E-state index in [-0.39, 0.29) is 5.43 Å². The molecule has 0 unspecified atom stereocenters. The predicted octanol–water partition coefficient (Wildman–Crippen LogP) is 3.50. The molecule has 0 atom stereocenters. The van der Waals surface area contributed by atoms with Crippen molar-refractivity contribution in [3.63, 3.8) is 0 Å². The molecule has 0 spiro atoms. The highest BCUT2D eigenvalue weighted by Crippen LogP contribution is 2.42. The Balaban J connectivity index is 2.34. The van der Waals surface area contributed by atoms with Gasteiger partial charge in [-0.2, -0.15) is 0 Å². The molecular formula is C20H20O7. The van der Waals surface area contributed by atoms with E-state index in [1.165, 1.54) is 34.5 Å². The quantitative estimate of drug-likeness (QED) is 0.655. The van der Waals surface area contributed by atoms with E-state index in [1.54, 1.807) is 31.4 Å². The Morgan fingerprint density at radius 3 is 1.70 bits per heavy atom. The van der Waals surface area contributed by atoms with Crippen molar-refractivity contribution in [3.8, 4) is 40.1 Å². The summed E-state index contributed by atoms with van der Waals surface area (Å²) in [4.78, 5) is 12.8. The first-order valence-electron chi connectivity index (χ1n) is 8.06. The summed E-state index contributed by atoms with van der Waals surface area (Å²) < 4.78 is 32.8. The van der Waals surface area contributed by atoms with Gasteiger partial charge in [0.2, 0.25) is 0 Å². The maximum absolute atomic E-state index is 12.8. The third-order valence-electron chi connectivity index (χ3n) is 4.19. The van der Waals surface area contributed by atoms with Crippen molar-refractivity contribution in [1.82, 2.24) is 0 Å². The van der Waals surface area contributed by atoms with Crippen molar-refractivity contribution in [3.05, 3.63) is 40.6 Å². The van der Waals surface area contributed by atoms with Crippen LogP contribution in [-0.4, -0.2) is 35.5 Å². The van der Waals surface area contributed by atoms with Gasteiger partial charge in [-0.3, -0.25) is 4.79 Å². The van der Waals surface area contributed by atoms with Gasteiger partial charge in [-0.25, -0.2) is 0 Å². The highest BCUT2D eigenvalue weighted by atomic mass is 16.5. The smallest absolute Gasteiger partial charge is 0.197 e. The fourth-order valence-corrected chi connectivity index (χ4v) is 2.88. The van der Waals surface area contributed by atoms with E-state index in [0.717, 1.165) is 0 Å². The number of hydrogen-bond donors (Lipinski definition) is 0. The maximum atomic E-state index is 12.8. The van der Waals surface area contributed by atoms with Crippen LogP contribution < -0.4 is 29.1 Å². The van der Waals surface area contributed by atoms with Gasteiger partial charge in [0.15, 0.2) is 5.43 Å². The molecule has 0 saturated carbocycles. The number of methoxy groups -OCH3 is 5. The molecule has 0 aliphatic carbocycles. The van der Waals surface area contributed by atoms with Crippen LogP contribution in [0.2, 0.25) is 0 Å². The van der Waals surface area contributed by atoms with Gasteiger partial charge in [0, 0.05) is 30.3 Å². The largest absolute Gasteiger partial charge is 0.496 e. The van der Waals surface area contributed by atoms with Gasteiger partial charge in [0.05, 0.1) is 35.5 Å². The van der Waals surface area contributed by atoms with Crippen LogP contribution in [0.25, 0.3) is 22.3 Å². The van der Waals surface area contributed by atoms with E-state index in [0.29, 0.717) is 51.0 Å². The first kappa shape index (κ1) is 18.4. The van der Waals surface area contributed by atoms with Crippen LogP contribution in [0, 0.1) is 0 Å². The molecule has 1 heterocycles. The second-order valence-electron chi connectivity index (χ2n) is 5.58. The zero-order valence-corrected chi connectivity index (χ0v) is 15.7. The fraction of sp³-hybridized carbons (Fsp3) is 0.250. The molecule has 1 aromatic heterocycles. The van der Waals surface area contributed by atoms with Crippen LogP contribution in [0.15, 0.2) is 39.5 Å². The van der Waals surface area contributed by atoms with Crippen molar-refractivity contribution in [2.45, 2.75) is 0 Å². The van der Waals surface area contributed by atoms with Crippen molar-refractivity contribution in [2.24, 2.45) is 0 Å². The second-order valence-corrected chi connectivity index (χ2v) is 5.58. The minimum absolute atomic E-state index is 0.259. The van der Waals surface area contributed by atoms with E-state index in [2.05, 4.69) is 0 Å². The molecule has 0 amide bonds. The molecule has 3 aromatic rings. The van der Waals surface area contributed by atoms with E-state index < -0.39 is 0 Å². The molecule has 0 N–H and O–H groups in total. The van der Waals surface area contributed by atoms with Gasteiger partial charge < -0.3 is 28.1 Å². The summed E-state index contributed by atoms with van der Waals surface area (Å²) in [6, 6.07) is 8.02. The number of fused-ring (bicyclic) bond motifs is 1. The Bertz CT molecular complexity index is 1010. The molecule has 2 aromatic carbocycles. The molecule has 142 valence electrons. The van der Waals surface area contributed by atoms with Crippen LogP contribution in [0.5, 0.6) is 28.7 Å². The summed E-state index contributed by atoms with van der Waals surface area (Å²) >= 11 is 0. The van der Waals surface area contributed by atoms with Crippen LogP contribution >= 0.6 is 0 Å². The molecule has 7 nitrogen and oxygen atoms in total. The normalized spacial score (nSPS) is 10.6. The van der Waals surface area contributed by atoms with Crippen molar-refractivity contribution in [1.29, 1.82) is 0 Å². The molecule has 0 bridgehead atoms. The van der Waals surface area contributed by atoms with Crippen LogP contribution in [0.4, 0.5) is 0 Å². The van der Waals surface area contributed by atoms with Gasteiger partial charge in [0.25, 0.3) is 0 Å². The fourth-order valence-electron chi connectivity index (χ4n) is 2.88. The van der Waals surface area contributed by atoms with Gasteiger partial charge in [0.1, 0.15) is 51.0 Å². The van der Waals surface area contributed by atoms with Crippen molar-refractivity contribution >= 4 is 11.0 Å². The third kappa shape index (κ3) is 3.23. The molecule has 27 heavy (non-hydrogen) atoms. The number of hydrogen-bond acceptors (Lipinski definition) is 7. The zero-order valence-electron chi connectivity index (χ0n) is 15.7. The summed E-state index contributed by atoms with van der Waals surface area (Å²) in [5.41, 5.74) is 0.570. The monoisotopic (exact) mass is 372 g/mol. The Hall–Kier alpha value is -3.35. The van der Waals surface area contributed by atoms with Gasteiger partial charge in [-0.05, 0) is 0 Å². The molecule has 0 aliphatic heterocycles. The predicted molar refractivity (Wildman–Crippen MR) is 101 cm³/mol. The average molecular weight is 372 g/mol. The van der Waals surface area contributed by atoms with Crippen molar-refractivity contribution in [2.75, 3.05) is 35.5 Å². The third-order valence-corrected chi connectivity index (χ3v) is 4.19. The first-order chi connectivity index (χ1) is 13.1. The summed E-state index contributed by atoms with van der Waals surface area (Å²) in [5, 5.41) is 0.327. The highest BCUT2D eigenvalue weighted by molar-refractivity contribution is 5.87. The van der Waals surface area contributed by atoms with E-state index in [9.17, 15) is 4.79 Å². The number of rotatable bonds is 6. The number of benzene rings is 2. The minimum atomic E-state index is -0.259. The van der Waals surface area contributed by atoms with E-state index >= 15 is 0 Å². The minimum Gasteiger partial charge on any atom is -0.496 e. The Kier molecular flexibility index (Phi) is 5.12.